The number of hydrogen-bond acceptors (Lipinski definition) is 6. The van der Waals surface area contributed by atoms with E-state index in [0.29, 0.717) is 0 Å². The van der Waals surface area contributed by atoms with Crippen molar-refractivity contribution in [3.63, 3.8) is 0 Å². The average molecular weight is 214 g/mol. The molecule has 0 unspecified atom stereocenters. The molecule has 16 heavy (non-hydrogen) atoms. The summed E-state index contributed by atoms with van der Waals surface area (Å²) in [5, 5.41) is 42.2. The van der Waals surface area contributed by atoms with Crippen molar-refractivity contribution in [2.45, 2.75) is 31.8 Å². The largest absolute Gasteiger partial charge is 0.254 e. The summed E-state index contributed by atoms with van der Waals surface area (Å²) in [6.07, 6.45) is 0. The van der Waals surface area contributed by atoms with Crippen LogP contribution in [0.1, 0.15) is 20.8 Å². The molecular weight excluding hydrogens is 204 g/mol. The van der Waals surface area contributed by atoms with Gasteiger partial charge in [-0.3, -0.25) is 0 Å². The van der Waals surface area contributed by atoms with E-state index in [1.54, 1.807) is 38.1 Å². The van der Waals surface area contributed by atoms with Crippen LogP contribution < -0.4 is 0 Å². The standard InChI is InChI=1S/C10H10N6/c1-8(2)10(6-13,7-14)16-15-9(3,4-11)5-12/h8H,1-3H3. The second kappa shape index (κ2) is 4.87. The zero-order valence-electron chi connectivity index (χ0n) is 9.26. The van der Waals surface area contributed by atoms with Gasteiger partial charge in [0.15, 0.2) is 0 Å². The Kier molecular flexibility index (Phi) is 4.13. The fourth-order valence-corrected chi connectivity index (χ4v) is 0.692. The van der Waals surface area contributed by atoms with Gasteiger partial charge >= 0.3 is 0 Å². The molecule has 0 aliphatic carbocycles. The first-order chi connectivity index (χ1) is 7.39. The van der Waals surface area contributed by atoms with Gasteiger partial charge in [-0.05, 0) is 6.92 Å². The maximum Gasteiger partial charge on any atom is 0.254 e. The Bertz CT molecular complexity index is 420. The maximum atomic E-state index is 8.90. The Labute approximate surface area is 94.0 Å². The van der Waals surface area contributed by atoms with E-state index in [9.17, 15) is 0 Å². The summed E-state index contributed by atoms with van der Waals surface area (Å²) in [5.74, 6) is -0.382. The van der Waals surface area contributed by atoms with Crippen LogP contribution in [-0.2, 0) is 0 Å². The molecule has 0 atom stereocenters. The quantitative estimate of drug-likeness (QED) is 0.663. The normalized spacial score (nSPS) is 11.5. The molecule has 0 aromatic carbocycles. The average Bonchev–Trinajstić information content (AvgIpc) is 2.30. The highest BCUT2D eigenvalue weighted by molar-refractivity contribution is 5.25. The highest BCUT2D eigenvalue weighted by atomic mass is 15.2. The van der Waals surface area contributed by atoms with E-state index in [1.165, 1.54) is 6.92 Å². The van der Waals surface area contributed by atoms with Crippen molar-refractivity contribution in [2.75, 3.05) is 0 Å². The van der Waals surface area contributed by atoms with Gasteiger partial charge in [-0.2, -0.15) is 31.3 Å². The minimum atomic E-state index is -1.66. The van der Waals surface area contributed by atoms with E-state index in [-0.39, 0.29) is 5.92 Å². The van der Waals surface area contributed by atoms with Crippen molar-refractivity contribution >= 4 is 0 Å². The Morgan fingerprint density at radius 3 is 1.56 bits per heavy atom. The van der Waals surface area contributed by atoms with Crippen molar-refractivity contribution in [3.8, 4) is 24.3 Å². The van der Waals surface area contributed by atoms with Gasteiger partial charge in [0, 0.05) is 5.92 Å². The number of rotatable bonds is 3. The van der Waals surface area contributed by atoms with Crippen LogP contribution in [0.25, 0.3) is 0 Å². The maximum absolute atomic E-state index is 8.90. The first-order valence-electron chi connectivity index (χ1n) is 4.49. The smallest absolute Gasteiger partial charge is 0.194 e. The molecule has 0 aromatic heterocycles. The highest BCUT2D eigenvalue weighted by Crippen LogP contribution is 2.22. The molecule has 0 N–H and O–H groups in total. The number of nitriles is 4. The second-order valence-electron chi connectivity index (χ2n) is 3.64. The zero-order valence-corrected chi connectivity index (χ0v) is 9.26. The van der Waals surface area contributed by atoms with E-state index in [2.05, 4.69) is 10.2 Å². The van der Waals surface area contributed by atoms with Crippen LogP contribution in [0.5, 0.6) is 0 Å². The Morgan fingerprint density at radius 1 is 0.875 bits per heavy atom. The van der Waals surface area contributed by atoms with Gasteiger partial charge in [0.05, 0.1) is 0 Å². The minimum Gasteiger partial charge on any atom is -0.194 e. The van der Waals surface area contributed by atoms with Gasteiger partial charge in [-0.25, -0.2) is 0 Å². The molecular formula is C10H10N6. The van der Waals surface area contributed by atoms with Crippen molar-refractivity contribution < 1.29 is 0 Å². The van der Waals surface area contributed by atoms with Crippen molar-refractivity contribution in [2.24, 2.45) is 16.1 Å². The molecule has 6 heteroatoms. The summed E-state index contributed by atoms with van der Waals surface area (Å²) < 4.78 is 0. The van der Waals surface area contributed by atoms with Crippen LogP contribution in [0.4, 0.5) is 0 Å². The molecule has 0 fully saturated rings. The first kappa shape index (κ1) is 13.6. The summed E-state index contributed by atoms with van der Waals surface area (Å²) in [6, 6.07) is 6.79. The summed E-state index contributed by atoms with van der Waals surface area (Å²) in [6.45, 7) is 4.54. The molecule has 0 amide bonds. The van der Waals surface area contributed by atoms with Gasteiger partial charge < -0.3 is 0 Å². The summed E-state index contributed by atoms with van der Waals surface area (Å²) >= 11 is 0. The fraction of sp³-hybridized carbons (Fsp3) is 0.600. The first-order valence-corrected chi connectivity index (χ1v) is 4.49. The molecule has 0 aliphatic rings. The topological polar surface area (TPSA) is 120 Å². The third kappa shape index (κ3) is 2.53. The molecule has 0 heterocycles. The summed E-state index contributed by atoms with van der Waals surface area (Å²) in [5.41, 5.74) is -3.30. The van der Waals surface area contributed by atoms with E-state index in [1.807, 2.05) is 0 Å². The molecule has 0 rings (SSSR count). The van der Waals surface area contributed by atoms with Crippen LogP contribution in [0.15, 0.2) is 10.2 Å². The lowest BCUT2D eigenvalue weighted by Crippen LogP contribution is -2.30. The SMILES string of the molecule is CC(C)C(C#N)(C#N)N=NC(C)(C#N)C#N. The predicted octanol–water partition coefficient (Wildman–Crippen LogP) is 1.69. The van der Waals surface area contributed by atoms with Crippen molar-refractivity contribution in [3.05, 3.63) is 0 Å². The molecule has 0 saturated heterocycles. The number of azo groups is 1. The van der Waals surface area contributed by atoms with E-state index in [4.69, 9.17) is 21.0 Å². The molecule has 0 saturated carbocycles. The van der Waals surface area contributed by atoms with Gasteiger partial charge in [0.2, 0.25) is 5.54 Å². The summed E-state index contributed by atoms with van der Waals surface area (Å²) in [7, 11) is 0. The van der Waals surface area contributed by atoms with Crippen LogP contribution in [0.2, 0.25) is 0 Å². The van der Waals surface area contributed by atoms with Crippen molar-refractivity contribution in [1.29, 1.82) is 21.0 Å². The van der Waals surface area contributed by atoms with E-state index < -0.39 is 11.1 Å². The molecule has 0 aliphatic heterocycles. The van der Waals surface area contributed by atoms with Gasteiger partial charge in [0.1, 0.15) is 24.3 Å². The molecule has 0 spiro atoms. The van der Waals surface area contributed by atoms with Crippen LogP contribution in [-0.4, -0.2) is 11.1 Å². The Hall–Kier alpha value is -2.44. The van der Waals surface area contributed by atoms with Gasteiger partial charge in [0.25, 0.3) is 5.54 Å². The second-order valence-corrected chi connectivity index (χ2v) is 3.64. The van der Waals surface area contributed by atoms with E-state index >= 15 is 0 Å². The van der Waals surface area contributed by atoms with E-state index in [0.717, 1.165) is 0 Å². The molecule has 6 nitrogen and oxygen atoms in total. The number of hydrogen-bond donors (Lipinski definition) is 0. The van der Waals surface area contributed by atoms with Crippen LogP contribution in [0, 0.1) is 51.2 Å². The Morgan fingerprint density at radius 2 is 1.31 bits per heavy atom. The third-order valence-corrected chi connectivity index (χ3v) is 2.02. The summed E-state index contributed by atoms with van der Waals surface area (Å²) in [4.78, 5) is 0. The fourth-order valence-electron chi connectivity index (χ4n) is 0.692. The Balaban J connectivity index is 5.36. The van der Waals surface area contributed by atoms with Crippen LogP contribution in [0.3, 0.4) is 0 Å². The zero-order chi connectivity index (χ0) is 12.8. The highest BCUT2D eigenvalue weighted by Gasteiger charge is 2.36. The minimum absolute atomic E-state index is 0.382. The molecule has 0 bridgehead atoms. The predicted molar refractivity (Wildman–Crippen MR) is 53.3 cm³/mol. The lowest BCUT2D eigenvalue weighted by molar-refractivity contribution is 0.453. The van der Waals surface area contributed by atoms with Gasteiger partial charge in [-0.15, -0.1) is 0 Å². The number of nitrogens with zero attached hydrogens (tertiary/aromatic N) is 6. The third-order valence-electron chi connectivity index (χ3n) is 2.02. The molecule has 0 aromatic rings. The van der Waals surface area contributed by atoms with Gasteiger partial charge in [-0.1, -0.05) is 13.8 Å². The monoisotopic (exact) mass is 214 g/mol. The lowest BCUT2D eigenvalue weighted by Gasteiger charge is -2.17. The van der Waals surface area contributed by atoms with Crippen LogP contribution >= 0.6 is 0 Å². The molecule has 0 radical (unpaired) electrons. The molecule has 80 valence electrons. The van der Waals surface area contributed by atoms with Crippen molar-refractivity contribution in [1.82, 2.24) is 0 Å². The lowest BCUT2D eigenvalue weighted by atomic mass is 9.91.